The van der Waals surface area contributed by atoms with Crippen LogP contribution in [0.15, 0.2) is 18.2 Å². The Morgan fingerprint density at radius 2 is 2.38 bits per heavy atom. The molecule has 1 aliphatic heterocycles. The lowest BCUT2D eigenvalue weighted by Gasteiger charge is -2.31. The van der Waals surface area contributed by atoms with E-state index in [0.717, 1.165) is 40.4 Å². The molecule has 0 spiro atoms. The normalized spacial score (nSPS) is 19.0. The van der Waals surface area contributed by atoms with Crippen molar-refractivity contribution in [3.63, 3.8) is 0 Å². The third-order valence-electron chi connectivity index (χ3n) is 3.95. The van der Waals surface area contributed by atoms with E-state index in [1.165, 1.54) is 6.42 Å². The first-order valence-electron chi connectivity index (χ1n) is 7.50. The van der Waals surface area contributed by atoms with Crippen molar-refractivity contribution in [2.75, 3.05) is 25.0 Å². The molecule has 5 heteroatoms. The first kappa shape index (κ1) is 14.3. The topological polar surface area (TPSA) is 45.2 Å². The van der Waals surface area contributed by atoms with Gasteiger partial charge in [-0.3, -0.25) is 4.79 Å². The third kappa shape index (κ3) is 3.35. The van der Waals surface area contributed by atoms with Crippen molar-refractivity contribution < 1.29 is 4.79 Å². The molecular weight excluding hydrogens is 282 g/mol. The molecule has 112 valence electrons. The van der Waals surface area contributed by atoms with Crippen LogP contribution in [0, 0.1) is 12.8 Å². The zero-order valence-electron chi connectivity index (χ0n) is 12.6. The summed E-state index contributed by atoms with van der Waals surface area (Å²) in [6.45, 7) is 6.40. The van der Waals surface area contributed by atoms with Crippen molar-refractivity contribution in [1.29, 1.82) is 0 Å². The van der Waals surface area contributed by atoms with Crippen LogP contribution in [-0.2, 0) is 4.79 Å². The Kier molecular flexibility index (Phi) is 4.10. The van der Waals surface area contributed by atoms with Crippen molar-refractivity contribution in [3.8, 4) is 0 Å². The smallest absolute Gasteiger partial charge is 0.241 e. The molecule has 1 aromatic carbocycles. The number of aromatic nitrogens is 1. The van der Waals surface area contributed by atoms with Crippen LogP contribution < -0.4 is 5.32 Å². The number of nitrogens with zero attached hydrogens (tertiary/aromatic N) is 2. The van der Waals surface area contributed by atoms with Crippen molar-refractivity contribution >= 4 is 33.1 Å². The fourth-order valence-corrected chi connectivity index (χ4v) is 3.72. The molecule has 1 aromatic heterocycles. The quantitative estimate of drug-likeness (QED) is 0.946. The first-order valence-corrected chi connectivity index (χ1v) is 8.32. The lowest BCUT2D eigenvalue weighted by Crippen LogP contribution is -2.41. The van der Waals surface area contributed by atoms with Crippen molar-refractivity contribution in [3.05, 3.63) is 23.2 Å². The average molecular weight is 303 g/mol. The monoisotopic (exact) mass is 303 g/mol. The number of anilines is 1. The Morgan fingerprint density at radius 3 is 3.19 bits per heavy atom. The average Bonchev–Trinajstić information content (AvgIpc) is 2.84. The molecule has 1 atom stereocenters. The molecule has 1 unspecified atom stereocenters. The zero-order valence-corrected chi connectivity index (χ0v) is 13.4. The van der Waals surface area contributed by atoms with Gasteiger partial charge in [-0.1, -0.05) is 6.92 Å². The Labute approximate surface area is 129 Å². The number of hydrogen-bond donors (Lipinski definition) is 1. The maximum atomic E-state index is 12.2. The van der Waals surface area contributed by atoms with Gasteiger partial charge in [0.1, 0.15) is 0 Å². The Bertz CT molecular complexity index is 652. The summed E-state index contributed by atoms with van der Waals surface area (Å²) >= 11 is 1.68. The van der Waals surface area contributed by atoms with E-state index < -0.39 is 0 Å². The second kappa shape index (κ2) is 6.02. The maximum Gasteiger partial charge on any atom is 0.241 e. The minimum atomic E-state index is 0.196. The fourth-order valence-electron chi connectivity index (χ4n) is 2.86. The third-order valence-corrected chi connectivity index (χ3v) is 4.88. The number of likely N-dealkylation sites (tertiary alicyclic amines) is 1. The number of benzene rings is 1. The van der Waals surface area contributed by atoms with E-state index in [1.54, 1.807) is 11.3 Å². The van der Waals surface area contributed by atoms with Crippen molar-refractivity contribution in [2.45, 2.75) is 26.7 Å². The standard InChI is InChI=1S/C16H21N3OS/c1-11-4-3-7-19(10-11)16(20)9-17-13-5-6-14-15(8-13)21-12(2)18-14/h5-6,8,11,17H,3-4,7,9-10H2,1-2H3. The van der Waals surface area contributed by atoms with Gasteiger partial charge in [0.2, 0.25) is 5.91 Å². The predicted molar refractivity (Wildman–Crippen MR) is 87.8 cm³/mol. The van der Waals surface area contributed by atoms with Gasteiger partial charge in [-0.05, 0) is 43.9 Å². The minimum absolute atomic E-state index is 0.196. The van der Waals surface area contributed by atoms with E-state index in [2.05, 4.69) is 23.3 Å². The number of aryl methyl sites for hydroxylation is 1. The molecule has 0 aliphatic carbocycles. The molecule has 1 amide bonds. The number of thiazole rings is 1. The van der Waals surface area contributed by atoms with Crippen LogP contribution in [0.4, 0.5) is 5.69 Å². The van der Waals surface area contributed by atoms with Crippen LogP contribution in [0.25, 0.3) is 10.2 Å². The summed E-state index contributed by atoms with van der Waals surface area (Å²) < 4.78 is 1.16. The fraction of sp³-hybridized carbons (Fsp3) is 0.500. The summed E-state index contributed by atoms with van der Waals surface area (Å²) in [5.41, 5.74) is 2.02. The zero-order chi connectivity index (χ0) is 14.8. The second-order valence-electron chi connectivity index (χ2n) is 5.86. The molecule has 0 radical (unpaired) electrons. The van der Waals surface area contributed by atoms with E-state index in [1.807, 2.05) is 24.0 Å². The number of piperidine rings is 1. The van der Waals surface area contributed by atoms with Gasteiger partial charge >= 0.3 is 0 Å². The number of rotatable bonds is 3. The van der Waals surface area contributed by atoms with E-state index >= 15 is 0 Å². The molecule has 1 saturated heterocycles. The van der Waals surface area contributed by atoms with Gasteiger partial charge in [-0.15, -0.1) is 11.3 Å². The summed E-state index contributed by atoms with van der Waals surface area (Å²) in [5, 5.41) is 4.32. The molecule has 0 saturated carbocycles. The summed E-state index contributed by atoms with van der Waals surface area (Å²) in [5.74, 6) is 0.821. The number of hydrogen-bond acceptors (Lipinski definition) is 4. The van der Waals surface area contributed by atoms with Crippen LogP contribution in [0.5, 0.6) is 0 Å². The van der Waals surface area contributed by atoms with Crippen LogP contribution >= 0.6 is 11.3 Å². The van der Waals surface area contributed by atoms with Gasteiger partial charge in [0.15, 0.2) is 0 Å². The lowest BCUT2D eigenvalue weighted by atomic mass is 10.0. The van der Waals surface area contributed by atoms with E-state index in [9.17, 15) is 4.79 Å². The van der Waals surface area contributed by atoms with E-state index in [4.69, 9.17) is 0 Å². The van der Waals surface area contributed by atoms with Gasteiger partial charge in [-0.2, -0.15) is 0 Å². The molecule has 21 heavy (non-hydrogen) atoms. The molecule has 0 bridgehead atoms. The minimum Gasteiger partial charge on any atom is -0.376 e. The highest BCUT2D eigenvalue weighted by Crippen LogP contribution is 2.24. The highest BCUT2D eigenvalue weighted by atomic mass is 32.1. The van der Waals surface area contributed by atoms with Gasteiger partial charge in [0.05, 0.1) is 21.8 Å². The van der Waals surface area contributed by atoms with Gasteiger partial charge < -0.3 is 10.2 Å². The van der Waals surface area contributed by atoms with Gasteiger partial charge in [-0.25, -0.2) is 4.98 Å². The second-order valence-corrected chi connectivity index (χ2v) is 7.09. The summed E-state index contributed by atoms with van der Waals surface area (Å²) in [4.78, 5) is 18.7. The number of fused-ring (bicyclic) bond motifs is 1. The maximum absolute atomic E-state index is 12.2. The number of carbonyl (C=O) groups excluding carboxylic acids is 1. The summed E-state index contributed by atoms with van der Waals surface area (Å²) in [6, 6.07) is 6.08. The molecule has 2 aromatic rings. The van der Waals surface area contributed by atoms with E-state index in [-0.39, 0.29) is 5.91 Å². The van der Waals surface area contributed by atoms with Crippen LogP contribution in [0.3, 0.4) is 0 Å². The van der Waals surface area contributed by atoms with Crippen LogP contribution in [-0.4, -0.2) is 35.4 Å². The first-order chi connectivity index (χ1) is 10.1. The predicted octanol–water partition coefficient (Wildman–Crippen LogP) is 3.28. The van der Waals surface area contributed by atoms with Crippen molar-refractivity contribution in [2.24, 2.45) is 5.92 Å². The molecule has 4 nitrogen and oxygen atoms in total. The Morgan fingerprint density at radius 1 is 1.52 bits per heavy atom. The molecular formula is C16H21N3OS. The molecule has 1 aliphatic rings. The number of nitrogens with one attached hydrogen (secondary N) is 1. The number of amides is 1. The Balaban J connectivity index is 1.61. The SMILES string of the molecule is Cc1nc2ccc(NCC(=O)N3CCCC(C)C3)cc2s1. The van der Waals surface area contributed by atoms with Crippen molar-refractivity contribution in [1.82, 2.24) is 9.88 Å². The molecule has 3 rings (SSSR count). The van der Waals surface area contributed by atoms with Crippen LogP contribution in [0.2, 0.25) is 0 Å². The summed E-state index contributed by atoms with van der Waals surface area (Å²) in [6.07, 6.45) is 2.36. The Hall–Kier alpha value is -1.62. The highest BCUT2D eigenvalue weighted by Gasteiger charge is 2.20. The number of carbonyl (C=O) groups is 1. The van der Waals surface area contributed by atoms with E-state index in [0.29, 0.717) is 12.5 Å². The van der Waals surface area contributed by atoms with Crippen LogP contribution in [0.1, 0.15) is 24.8 Å². The largest absolute Gasteiger partial charge is 0.376 e. The molecule has 2 heterocycles. The lowest BCUT2D eigenvalue weighted by molar-refractivity contribution is -0.130. The molecule has 1 fully saturated rings. The van der Waals surface area contributed by atoms with Gasteiger partial charge in [0, 0.05) is 18.8 Å². The molecule has 1 N–H and O–H groups in total. The summed E-state index contributed by atoms with van der Waals surface area (Å²) in [7, 11) is 0. The van der Waals surface area contributed by atoms with Gasteiger partial charge in [0.25, 0.3) is 0 Å². The highest BCUT2D eigenvalue weighted by molar-refractivity contribution is 7.18.